The van der Waals surface area contributed by atoms with Crippen LogP contribution in [0, 0.1) is 0 Å². The lowest BCUT2D eigenvalue weighted by Crippen LogP contribution is -2.61. The zero-order valence-electron chi connectivity index (χ0n) is 13.4. The molecule has 0 spiro atoms. The van der Waals surface area contributed by atoms with Crippen molar-refractivity contribution < 1.29 is 9.57 Å². The van der Waals surface area contributed by atoms with Crippen LogP contribution in [0.2, 0.25) is 0 Å². The summed E-state index contributed by atoms with van der Waals surface area (Å²) in [5.74, 6) is 0. The lowest BCUT2D eigenvalue weighted by molar-refractivity contribution is -0.294. The summed E-state index contributed by atoms with van der Waals surface area (Å²) < 4.78 is 5.88. The average molecular weight is 269 g/mol. The van der Waals surface area contributed by atoms with Gasteiger partial charge in [0.2, 0.25) is 0 Å². The quantitative estimate of drug-likeness (QED) is 0.516. The standard InChI is InChI=1S/C16H31NO2/c1-7-9-11-19-17-15(3,4)12-14(18-10-8-2)13-16(17,5)6/h8,14H,2,7,9-13H2,1,3-6H3. The van der Waals surface area contributed by atoms with E-state index in [2.05, 4.69) is 46.3 Å². The molecule has 0 radical (unpaired) electrons. The molecule has 0 saturated carbocycles. The lowest BCUT2D eigenvalue weighted by atomic mass is 9.80. The molecule has 19 heavy (non-hydrogen) atoms. The molecule has 1 heterocycles. The largest absolute Gasteiger partial charge is 0.374 e. The Labute approximate surface area is 118 Å². The number of rotatable bonds is 7. The van der Waals surface area contributed by atoms with E-state index in [4.69, 9.17) is 9.57 Å². The van der Waals surface area contributed by atoms with Gasteiger partial charge >= 0.3 is 0 Å². The molecule has 0 aliphatic carbocycles. The maximum atomic E-state index is 6.06. The molecule has 0 aromatic rings. The second kappa shape index (κ2) is 6.87. The second-order valence-corrected chi connectivity index (χ2v) is 6.76. The van der Waals surface area contributed by atoms with E-state index in [0.29, 0.717) is 6.61 Å². The highest BCUT2D eigenvalue weighted by atomic mass is 16.7. The number of piperidine rings is 1. The summed E-state index contributed by atoms with van der Waals surface area (Å²) in [6, 6.07) is 0. The van der Waals surface area contributed by atoms with Crippen molar-refractivity contribution in [2.45, 2.75) is 77.5 Å². The molecule has 1 aliphatic rings. The Morgan fingerprint density at radius 2 is 1.79 bits per heavy atom. The van der Waals surface area contributed by atoms with Crippen molar-refractivity contribution in [2.24, 2.45) is 0 Å². The van der Waals surface area contributed by atoms with Gasteiger partial charge in [0, 0.05) is 11.1 Å². The number of nitrogens with zero attached hydrogens (tertiary/aromatic N) is 1. The summed E-state index contributed by atoms with van der Waals surface area (Å²) >= 11 is 0. The second-order valence-electron chi connectivity index (χ2n) is 6.76. The smallest absolute Gasteiger partial charge is 0.0685 e. The number of hydroxylamine groups is 2. The lowest BCUT2D eigenvalue weighted by Gasteiger charge is -2.53. The Morgan fingerprint density at radius 3 is 2.26 bits per heavy atom. The minimum atomic E-state index is 0.00132. The molecule has 0 amide bonds. The van der Waals surface area contributed by atoms with Gasteiger partial charge in [-0.15, -0.1) is 6.58 Å². The molecule has 3 heteroatoms. The molecular formula is C16H31NO2. The van der Waals surface area contributed by atoms with Crippen molar-refractivity contribution in [2.75, 3.05) is 13.2 Å². The number of unbranched alkanes of at least 4 members (excludes halogenated alkanes) is 1. The van der Waals surface area contributed by atoms with Crippen molar-refractivity contribution >= 4 is 0 Å². The van der Waals surface area contributed by atoms with Crippen LogP contribution in [0.1, 0.15) is 60.3 Å². The molecule has 112 valence electrons. The molecule has 1 aliphatic heterocycles. The first-order chi connectivity index (χ1) is 8.83. The van der Waals surface area contributed by atoms with Gasteiger partial charge in [-0.2, -0.15) is 5.06 Å². The van der Waals surface area contributed by atoms with Crippen LogP contribution in [-0.2, 0) is 9.57 Å². The summed E-state index contributed by atoms with van der Waals surface area (Å²) in [6.45, 7) is 16.3. The molecule has 0 unspecified atom stereocenters. The fourth-order valence-electron chi connectivity index (χ4n) is 3.14. The van der Waals surface area contributed by atoms with Gasteiger partial charge in [-0.25, -0.2) is 0 Å². The van der Waals surface area contributed by atoms with Crippen LogP contribution in [0.4, 0.5) is 0 Å². The third kappa shape index (κ3) is 4.59. The summed E-state index contributed by atoms with van der Waals surface area (Å²) in [5, 5.41) is 2.20. The number of hydrogen-bond acceptors (Lipinski definition) is 3. The van der Waals surface area contributed by atoms with E-state index in [1.165, 1.54) is 6.42 Å². The Bertz CT molecular complexity index is 268. The van der Waals surface area contributed by atoms with Crippen LogP contribution in [0.25, 0.3) is 0 Å². The van der Waals surface area contributed by atoms with Gasteiger partial charge in [0.05, 0.1) is 19.3 Å². The first-order valence-corrected chi connectivity index (χ1v) is 7.49. The zero-order chi connectivity index (χ0) is 14.5. The normalized spacial score (nSPS) is 23.4. The molecular weight excluding hydrogens is 238 g/mol. The van der Waals surface area contributed by atoms with Crippen molar-refractivity contribution in [3.63, 3.8) is 0 Å². The van der Waals surface area contributed by atoms with Crippen molar-refractivity contribution in [1.82, 2.24) is 5.06 Å². The number of hydrogen-bond donors (Lipinski definition) is 0. The zero-order valence-corrected chi connectivity index (χ0v) is 13.4. The highest BCUT2D eigenvalue weighted by Crippen LogP contribution is 2.39. The first kappa shape index (κ1) is 16.7. The maximum absolute atomic E-state index is 6.06. The van der Waals surface area contributed by atoms with E-state index in [1.54, 1.807) is 0 Å². The summed E-state index contributed by atoms with van der Waals surface area (Å²) in [6.07, 6.45) is 6.38. The van der Waals surface area contributed by atoms with Crippen molar-refractivity contribution in [1.29, 1.82) is 0 Å². The van der Waals surface area contributed by atoms with Crippen molar-refractivity contribution in [3.05, 3.63) is 12.7 Å². The summed E-state index contributed by atoms with van der Waals surface area (Å²) in [4.78, 5) is 6.06. The predicted octanol–water partition coefficient (Wildman–Crippen LogP) is 3.94. The molecule has 1 fully saturated rings. The predicted molar refractivity (Wildman–Crippen MR) is 80.0 cm³/mol. The minimum Gasteiger partial charge on any atom is -0.374 e. The average Bonchev–Trinajstić information content (AvgIpc) is 2.29. The monoisotopic (exact) mass is 269 g/mol. The van der Waals surface area contributed by atoms with E-state index in [-0.39, 0.29) is 17.2 Å². The van der Waals surface area contributed by atoms with E-state index in [9.17, 15) is 0 Å². The van der Waals surface area contributed by atoms with Crippen LogP contribution in [0.15, 0.2) is 12.7 Å². The minimum absolute atomic E-state index is 0.00132. The third-order valence-corrected chi connectivity index (χ3v) is 3.72. The SMILES string of the molecule is C=CCOC1CC(C)(C)N(OCCCC)C(C)(C)C1. The van der Waals surface area contributed by atoms with Crippen LogP contribution in [0.5, 0.6) is 0 Å². The van der Waals surface area contributed by atoms with E-state index >= 15 is 0 Å². The Balaban J connectivity index is 2.68. The molecule has 1 rings (SSSR count). The van der Waals surface area contributed by atoms with Gasteiger partial charge in [-0.3, -0.25) is 4.84 Å². The van der Waals surface area contributed by atoms with Gasteiger partial charge in [-0.1, -0.05) is 19.4 Å². The summed E-state index contributed by atoms with van der Waals surface area (Å²) in [5.41, 5.74) is 0.00264. The molecule has 0 N–H and O–H groups in total. The molecule has 0 aromatic heterocycles. The van der Waals surface area contributed by atoms with Gasteiger partial charge < -0.3 is 4.74 Å². The topological polar surface area (TPSA) is 21.7 Å². The van der Waals surface area contributed by atoms with Crippen LogP contribution in [-0.4, -0.2) is 35.5 Å². The molecule has 0 aromatic carbocycles. The highest BCUT2D eigenvalue weighted by Gasteiger charge is 2.46. The van der Waals surface area contributed by atoms with E-state index < -0.39 is 0 Å². The van der Waals surface area contributed by atoms with Crippen LogP contribution >= 0.6 is 0 Å². The Hall–Kier alpha value is -0.380. The first-order valence-electron chi connectivity index (χ1n) is 7.49. The number of ether oxygens (including phenoxy) is 1. The molecule has 3 nitrogen and oxygen atoms in total. The fraction of sp³-hybridized carbons (Fsp3) is 0.875. The Kier molecular flexibility index (Phi) is 6.03. The maximum Gasteiger partial charge on any atom is 0.0685 e. The fourth-order valence-corrected chi connectivity index (χ4v) is 3.14. The summed E-state index contributed by atoms with van der Waals surface area (Å²) in [7, 11) is 0. The van der Waals surface area contributed by atoms with Gasteiger partial charge in [0.15, 0.2) is 0 Å². The third-order valence-electron chi connectivity index (χ3n) is 3.72. The molecule has 0 atom stereocenters. The highest BCUT2D eigenvalue weighted by molar-refractivity contribution is 4.97. The van der Waals surface area contributed by atoms with Crippen molar-refractivity contribution in [3.8, 4) is 0 Å². The molecule has 1 saturated heterocycles. The van der Waals surface area contributed by atoms with Gasteiger partial charge in [0.25, 0.3) is 0 Å². The van der Waals surface area contributed by atoms with Gasteiger partial charge in [0.1, 0.15) is 0 Å². The van der Waals surface area contributed by atoms with Gasteiger partial charge in [-0.05, 0) is 47.0 Å². The van der Waals surface area contributed by atoms with Crippen LogP contribution in [0.3, 0.4) is 0 Å². The molecule has 0 bridgehead atoms. The van der Waals surface area contributed by atoms with E-state index in [0.717, 1.165) is 25.9 Å². The Morgan fingerprint density at radius 1 is 1.21 bits per heavy atom. The van der Waals surface area contributed by atoms with E-state index in [1.807, 2.05) is 6.08 Å². The van der Waals surface area contributed by atoms with Crippen LogP contribution < -0.4 is 0 Å².